The number of carbonyl (C=O) groups excluding carboxylic acids is 2. The number of nitrogens with zero attached hydrogens (tertiary/aromatic N) is 1. The summed E-state index contributed by atoms with van der Waals surface area (Å²) in [6, 6.07) is 0. The number of hydrogen-bond donors (Lipinski definition) is 1. The summed E-state index contributed by atoms with van der Waals surface area (Å²) in [4.78, 5) is 29.1. The van der Waals surface area contributed by atoms with Crippen molar-refractivity contribution in [3.8, 4) is 0 Å². The predicted octanol–water partition coefficient (Wildman–Crippen LogP) is 1.70. The molecule has 0 unspecified atom stereocenters. The molecule has 18 heavy (non-hydrogen) atoms. The van der Waals surface area contributed by atoms with E-state index in [0.717, 1.165) is 6.42 Å². The van der Waals surface area contributed by atoms with Crippen molar-refractivity contribution < 1.29 is 19.2 Å². The summed E-state index contributed by atoms with van der Waals surface area (Å²) in [6.45, 7) is 8.28. The zero-order chi connectivity index (χ0) is 14.2. The van der Waals surface area contributed by atoms with Crippen LogP contribution in [-0.2, 0) is 14.4 Å². The van der Waals surface area contributed by atoms with Crippen molar-refractivity contribution in [1.82, 2.24) is 10.4 Å². The molecule has 1 N–H and O–H groups in total. The summed E-state index contributed by atoms with van der Waals surface area (Å²) >= 11 is 0. The Labute approximate surface area is 109 Å². The molecular formula is C12H24N2O4. The number of rotatable bonds is 6. The van der Waals surface area contributed by atoms with E-state index in [4.69, 9.17) is 4.74 Å². The predicted molar refractivity (Wildman–Crippen MR) is 67.9 cm³/mol. The summed E-state index contributed by atoms with van der Waals surface area (Å²) in [5.41, 5.74) is 1.68. The van der Waals surface area contributed by atoms with Gasteiger partial charge in [0.05, 0.1) is 7.11 Å². The molecule has 0 aliphatic carbocycles. The Morgan fingerprint density at radius 1 is 1.22 bits per heavy atom. The summed E-state index contributed by atoms with van der Waals surface area (Å²) in [5, 5.41) is 0. The third kappa shape index (κ3) is 7.89. The molecule has 0 fully saturated rings. The highest BCUT2D eigenvalue weighted by atomic mass is 16.6. The molecule has 0 rings (SSSR count). The van der Waals surface area contributed by atoms with Crippen LogP contribution in [0.2, 0.25) is 0 Å². The first kappa shape index (κ1) is 16.7. The Morgan fingerprint density at radius 2 is 1.83 bits per heavy atom. The normalized spacial score (nSPS) is 10.9. The van der Waals surface area contributed by atoms with Gasteiger partial charge in [-0.05, 0) is 27.2 Å². The summed E-state index contributed by atoms with van der Waals surface area (Å²) in [6.07, 6.45) is 0.604. The van der Waals surface area contributed by atoms with Crippen LogP contribution in [0.1, 0.15) is 40.5 Å². The van der Waals surface area contributed by atoms with Crippen LogP contribution in [0, 0.1) is 0 Å². The molecule has 6 heteroatoms. The van der Waals surface area contributed by atoms with Gasteiger partial charge >= 0.3 is 6.09 Å². The second kappa shape index (κ2) is 7.92. The molecule has 0 aliphatic heterocycles. The van der Waals surface area contributed by atoms with Crippen LogP contribution in [0.3, 0.4) is 0 Å². The standard InChI is InChI=1S/C12H24N2O4/c1-6-8-14(9-7-10(15)13-17-5)11(16)18-12(2,3)4/h6-9H2,1-5H3,(H,13,15). The van der Waals surface area contributed by atoms with E-state index in [0.29, 0.717) is 13.1 Å². The van der Waals surface area contributed by atoms with E-state index in [1.165, 1.54) is 12.0 Å². The first-order valence-corrected chi connectivity index (χ1v) is 6.10. The highest BCUT2D eigenvalue weighted by Crippen LogP contribution is 2.10. The second-order valence-electron chi connectivity index (χ2n) is 4.95. The molecule has 0 aromatic carbocycles. The topological polar surface area (TPSA) is 67.9 Å². The molecular weight excluding hydrogens is 236 g/mol. The number of amides is 2. The van der Waals surface area contributed by atoms with Gasteiger partial charge in [-0.2, -0.15) is 0 Å². The first-order valence-electron chi connectivity index (χ1n) is 6.10. The quantitative estimate of drug-likeness (QED) is 0.738. The van der Waals surface area contributed by atoms with Crippen molar-refractivity contribution in [3.63, 3.8) is 0 Å². The fourth-order valence-corrected chi connectivity index (χ4v) is 1.29. The van der Waals surface area contributed by atoms with Gasteiger partial charge in [-0.1, -0.05) is 6.92 Å². The Morgan fingerprint density at radius 3 is 2.28 bits per heavy atom. The lowest BCUT2D eigenvalue weighted by molar-refractivity contribution is -0.131. The van der Waals surface area contributed by atoms with Crippen LogP contribution in [0.4, 0.5) is 4.79 Å². The van der Waals surface area contributed by atoms with Gasteiger partial charge in [0.2, 0.25) is 5.91 Å². The molecule has 0 spiro atoms. The Balaban J connectivity index is 4.29. The molecule has 6 nitrogen and oxygen atoms in total. The lowest BCUT2D eigenvalue weighted by atomic mass is 10.2. The molecule has 0 radical (unpaired) electrons. The number of nitrogens with one attached hydrogen (secondary N) is 1. The molecule has 0 bridgehead atoms. The number of hydroxylamine groups is 1. The van der Waals surface area contributed by atoms with Crippen molar-refractivity contribution in [1.29, 1.82) is 0 Å². The van der Waals surface area contributed by atoms with Gasteiger partial charge in [0, 0.05) is 19.5 Å². The minimum Gasteiger partial charge on any atom is -0.444 e. The molecule has 106 valence electrons. The Hall–Kier alpha value is -1.30. The van der Waals surface area contributed by atoms with Crippen LogP contribution < -0.4 is 5.48 Å². The smallest absolute Gasteiger partial charge is 0.410 e. The van der Waals surface area contributed by atoms with Crippen molar-refractivity contribution in [2.75, 3.05) is 20.2 Å². The molecule has 0 heterocycles. The van der Waals surface area contributed by atoms with Crippen molar-refractivity contribution in [2.45, 2.75) is 46.1 Å². The summed E-state index contributed by atoms with van der Waals surface area (Å²) in [5.74, 6) is -0.262. The first-order chi connectivity index (χ1) is 8.30. The largest absolute Gasteiger partial charge is 0.444 e. The molecule has 0 aromatic rings. The average molecular weight is 260 g/mol. The van der Waals surface area contributed by atoms with Crippen LogP contribution in [0.25, 0.3) is 0 Å². The Bertz CT molecular complexity index is 274. The number of ether oxygens (including phenoxy) is 1. The number of carbonyl (C=O) groups is 2. The van der Waals surface area contributed by atoms with Crippen LogP contribution >= 0.6 is 0 Å². The van der Waals surface area contributed by atoms with Crippen molar-refractivity contribution in [2.24, 2.45) is 0 Å². The van der Waals surface area contributed by atoms with E-state index in [2.05, 4.69) is 10.3 Å². The van der Waals surface area contributed by atoms with Crippen LogP contribution in [-0.4, -0.2) is 42.7 Å². The van der Waals surface area contributed by atoms with Gasteiger partial charge in [0.25, 0.3) is 0 Å². The molecule has 0 saturated heterocycles. The van der Waals surface area contributed by atoms with E-state index in [9.17, 15) is 9.59 Å². The maximum absolute atomic E-state index is 11.9. The fourth-order valence-electron chi connectivity index (χ4n) is 1.29. The summed E-state index contributed by atoms with van der Waals surface area (Å²) in [7, 11) is 1.37. The maximum Gasteiger partial charge on any atom is 0.410 e. The van der Waals surface area contributed by atoms with E-state index in [-0.39, 0.29) is 12.3 Å². The summed E-state index contributed by atoms with van der Waals surface area (Å²) < 4.78 is 5.27. The zero-order valence-corrected chi connectivity index (χ0v) is 11.9. The van der Waals surface area contributed by atoms with E-state index in [1.807, 2.05) is 27.7 Å². The van der Waals surface area contributed by atoms with Gasteiger partial charge < -0.3 is 9.64 Å². The molecule has 0 saturated carbocycles. The SMILES string of the molecule is CCCN(CCC(=O)NOC)C(=O)OC(C)(C)C. The van der Waals surface area contributed by atoms with Crippen LogP contribution in [0.15, 0.2) is 0 Å². The van der Waals surface area contributed by atoms with Crippen LogP contribution in [0.5, 0.6) is 0 Å². The van der Waals surface area contributed by atoms with Gasteiger partial charge in [0.15, 0.2) is 0 Å². The third-order valence-corrected chi connectivity index (χ3v) is 1.97. The Kier molecular flexibility index (Phi) is 7.35. The maximum atomic E-state index is 11.9. The molecule has 0 aromatic heterocycles. The third-order valence-electron chi connectivity index (χ3n) is 1.97. The lowest BCUT2D eigenvalue weighted by Gasteiger charge is -2.27. The van der Waals surface area contributed by atoms with Gasteiger partial charge in [-0.15, -0.1) is 0 Å². The van der Waals surface area contributed by atoms with Crippen molar-refractivity contribution in [3.05, 3.63) is 0 Å². The van der Waals surface area contributed by atoms with E-state index in [1.54, 1.807) is 0 Å². The molecule has 2 amide bonds. The lowest BCUT2D eigenvalue weighted by Crippen LogP contribution is -2.39. The minimum absolute atomic E-state index is 0.188. The monoisotopic (exact) mass is 260 g/mol. The van der Waals surface area contributed by atoms with Gasteiger partial charge in [0.1, 0.15) is 5.60 Å². The fraction of sp³-hybridized carbons (Fsp3) is 0.833. The zero-order valence-electron chi connectivity index (χ0n) is 11.9. The number of hydrogen-bond acceptors (Lipinski definition) is 4. The van der Waals surface area contributed by atoms with Gasteiger partial charge in [-0.3, -0.25) is 9.63 Å². The highest BCUT2D eigenvalue weighted by Gasteiger charge is 2.21. The highest BCUT2D eigenvalue weighted by molar-refractivity contribution is 5.76. The molecule has 0 atom stereocenters. The second-order valence-corrected chi connectivity index (χ2v) is 4.95. The van der Waals surface area contributed by atoms with E-state index < -0.39 is 11.7 Å². The van der Waals surface area contributed by atoms with E-state index >= 15 is 0 Å². The average Bonchev–Trinajstić information content (AvgIpc) is 2.22. The molecule has 0 aliphatic rings. The van der Waals surface area contributed by atoms with Crippen molar-refractivity contribution >= 4 is 12.0 Å². The minimum atomic E-state index is -0.530. The van der Waals surface area contributed by atoms with Gasteiger partial charge in [-0.25, -0.2) is 10.3 Å².